The van der Waals surface area contributed by atoms with E-state index in [4.69, 9.17) is 11.6 Å². The molecule has 1 aromatic carbocycles. The van der Waals surface area contributed by atoms with E-state index in [-0.39, 0.29) is 5.91 Å². The van der Waals surface area contributed by atoms with Crippen molar-refractivity contribution in [2.75, 3.05) is 19.6 Å². The van der Waals surface area contributed by atoms with Gasteiger partial charge in [-0.1, -0.05) is 36.7 Å². The third-order valence-corrected chi connectivity index (χ3v) is 4.54. The molecular formula is C17H21ClN2OS. The van der Waals surface area contributed by atoms with Gasteiger partial charge in [0.25, 0.3) is 0 Å². The number of carbonyl (C=O) groups is 1. The Kier molecular flexibility index (Phi) is 6.90. The SMILES string of the molecule is CCN(CC(=O)NCCc1ccc(Cl)cc1)Cc1cccs1. The van der Waals surface area contributed by atoms with Crippen LogP contribution in [0.15, 0.2) is 41.8 Å². The topological polar surface area (TPSA) is 32.3 Å². The van der Waals surface area contributed by atoms with Crippen LogP contribution in [0.1, 0.15) is 17.4 Å². The second-order valence-electron chi connectivity index (χ2n) is 5.11. The van der Waals surface area contributed by atoms with E-state index in [9.17, 15) is 4.79 Å². The van der Waals surface area contributed by atoms with Crippen LogP contribution in [0.2, 0.25) is 5.02 Å². The van der Waals surface area contributed by atoms with Crippen molar-refractivity contribution in [1.29, 1.82) is 0 Å². The Hall–Kier alpha value is -1.36. The Morgan fingerprint density at radius 2 is 2.05 bits per heavy atom. The molecule has 5 heteroatoms. The number of nitrogens with zero attached hydrogens (tertiary/aromatic N) is 1. The normalized spacial score (nSPS) is 10.9. The van der Waals surface area contributed by atoms with E-state index in [1.165, 1.54) is 10.4 Å². The maximum atomic E-state index is 12.0. The van der Waals surface area contributed by atoms with Crippen LogP contribution in [0, 0.1) is 0 Å². The zero-order valence-electron chi connectivity index (χ0n) is 12.7. The lowest BCUT2D eigenvalue weighted by Crippen LogP contribution is -2.37. The first kappa shape index (κ1) is 17.0. The molecule has 0 radical (unpaired) electrons. The molecule has 118 valence electrons. The summed E-state index contributed by atoms with van der Waals surface area (Å²) in [6.07, 6.45) is 0.819. The molecule has 0 aliphatic heterocycles. The molecular weight excluding hydrogens is 316 g/mol. The predicted molar refractivity (Wildman–Crippen MR) is 93.4 cm³/mol. The van der Waals surface area contributed by atoms with Crippen LogP contribution in [-0.4, -0.2) is 30.4 Å². The van der Waals surface area contributed by atoms with Gasteiger partial charge in [0, 0.05) is 23.0 Å². The molecule has 2 rings (SSSR count). The summed E-state index contributed by atoms with van der Waals surface area (Å²) < 4.78 is 0. The molecule has 0 aliphatic rings. The highest BCUT2D eigenvalue weighted by Gasteiger charge is 2.09. The van der Waals surface area contributed by atoms with Gasteiger partial charge in [-0.3, -0.25) is 9.69 Å². The summed E-state index contributed by atoms with van der Waals surface area (Å²) in [6.45, 7) is 4.86. The molecule has 22 heavy (non-hydrogen) atoms. The van der Waals surface area contributed by atoms with Gasteiger partial charge in [0.05, 0.1) is 6.54 Å². The summed E-state index contributed by atoms with van der Waals surface area (Å²) >= 11 is 7.58. The van der Waals surface area contributed by atoms with E-state index >= 15 is 0 Å². The first-order chi connectivity index (χ1) is 10.7. The minimum absolute atomic E-state index is 0.0763. The summed E-state index contributed by atoms with van der Waals surface area (Å²) in [5.41, 5.74) is 1.18. The molecule has 0 bridgehead atoms. The van der Waals surface area contributed by atoms with Gasteiger partial charge < -0.3 is 5.32 Å². The van der Waals surface area contributed by atoms with Crippen LogP contribution in [0.4, 0.5) is 0 Å². The summed E-state index contributed by atoms with van der Waals surface area (Å²) in [4.78, 5) is 15.4. The number of carbonyl (C=O) groups excluding carboxylic acids is 1. The fourth-order valence-electron chi connectivity index (χ4n) is 2.16. The number of rotatable bonds is 8. The van der Waals surface area contributed by atoms with E-state index < -0.39 is 0 Å². The fourth-order valence-corrected chi connectivity index (χ4v) is 3.03. The molecule has 0 unspecified atom stereocenters. The second kappa shape index (κ2) is 8.93. The van der Waals surface area contributed by atoms with Crippen molar-refractivity contribution in [3.63, 3.8) is 0 Å². The van der Waals surface area contributed by atoms with Gasteiger partial charge in [-0.25, -0.2) is 0 Å². The molecule has 3 nitrogen and oxygen atoms in total. The molecule has 0 saturated carbocycles. The minimum atomic E-state index is 0.0763. The first-order valence-electron chi connectivity index (χ1n) is 7.43. The predicted octanol–water partition coefficient (Wildman–Crippen LogP) is 3.58. The maximum absolute atomic E-state index is 12.0. The monoisotopic (exact) mass is 336 g/mol. The van der Waals surface area contributed by atoms with Crippen molar-refractivity contribution in [1.82, 2.24) is 10.2 Å². The Morgan fingerprint density at radius 1 is 1.27 bits per heavy atom. The van der Waals surface area contributed by atoms with E-state index in [0.29, 0.717) is 13.1 Å². The third-order valence-electron chi connectivity index (χ3n) is 3.42. The third kappa shape index (κ3) is 5.79. The first-order valence-corrected chi connectivity index (χ1v) is 8.69. The highest BCUT2D eigenvalue weighted by atomic mass is 35.5. The molecule has 0 spiro atoms. The standard InChI is InChI=1S/C17H21ClN2OS/c1-2-20(12-16-4-3-11-22-16)13-17(21)19-10-9-14-5-7-15(18)8-6-14/h3-8,11H,2,9-10,12-13H2,1H3,(H,19,21). The molecule has 1 amide bonds. The molecule has 0 saturated heterocycles. The van der Waals surface area contributed by atoms with Crippen molar-refractivity contribution in [2.45, 2.75) is 19.9 Å². The molecule has 0 aliphatic carbocycles. The lowest BCUT2D eigenvalue weighted by molar-refractivity contribution is -0.122. The van der Waals surface area contributed by atoms with Crippen LogP contribution < -0.4 is 5.32 Å². The van der Waals surface area contributed by atoms with Crippen LogP contribution in [0.25, 0.3) is 0 Å². The number of nitrogens with one attached hydrogen (secondary N) is 1. The Labute approximate surface area is 140 Å². The number of hydrogen-bond acceptors (Lipinski definition) is 3. The Morgan fingerprint density at radius 3 is 2.68 bits per heavy atom. The Bertz CT molecular complexity index is 569. The van der Waals surface area contributed by atoms with Crippen LogP contribution in [-0.2, 0) is 17.8 Å². The zero-order valence-corrected chi connectivity index (χ0v) is 14.3. The van der Waals surface area contributed by atoms with Crippen molar-refractivity contribution >= 4 is 28.8 Å². The van der Waals surface area contributed by atoms with Gasteiger partial charge in [-0.15, -0.1) is 11.3 Å². The molecule has 0 fully saturated rings. The summed E-state index contributed by atoms with van der Waals surface area (Å²) in [5.74, 6) is 0.0763. The van der Waals surface area contributed by atoms with Gasteiger partial charge >= 0.3 is 0 Å². The fraction of sp³-hybridized carbons (Fsp3) is 0.353. The van der Waals surface area contributed by atoms with E-state index in [1.54, 1.807) is 11.3 Å². The van der Waals surface area contributed by atoms with Gasteiger partial charge in [0.15, 0.2) is 0 Å². The quantitative estimate of drug-likeness (QED) is 0.799. The number of benzene rings is 1. The van der Waals surface area contributed by atoms with Crippen LogP contribution in [0.3, 0.4) is 0 Å². The minimum Gasteiger partial charge on any atom is -0.355 e. The highest BCUT2D eigenvalue weighted by Crippen LogP contribution is 2.11. The van der Waals surface area contributed by atoms with Gasteiger partial charge in [0.1, 0.15) is 0 Å². The van der Waals surface area contributed by atoms with Crippen molar-refractivity contribution in [3.05, 3.63) is 57.2 Å². The van der Waals surface area contributed by atoms with E-state index in [0.717, 1.165) is 24.5 Å². The lowest BCUT2D eigenvalue weighted by atomic mass is 10.1. The Balaban J connectivity index is 1.71. The number of hydrogen-bond donors (Lipinski definition) is 1. The lowest BCUT2D eigenvalue weighted by Gasteiger charge is -2.19. The zero-order chi connectivity index (χ0) is 15.8. The van der Waals surface area contributed by atoms with E-state index in [2.05, 4.69) is 28.6 Å². The van der Waals surface area contributed by atoms with Crippen LogP contribution in [0.5, 0.6) is 0 Å². The average Bonchev–Trinajstić information content (AvgIpc) is 3.01. The summed E-state index contributed by atoms with van der Waals surface area (Å²) in [6, 6.07) is 11.9. The molecule has 1 aromatic heterocycles. The smallest absolute Gasteiger partial charge is 0.234 e. The summed E-state index contributed by atoms with van der Waals surface area (Å²) in [7, 11) is 0. The largest absolute Gasteiger partial charge is 0.355 e. The van der Waals surface area contributed by atoms with Crippen LogP contribution >= 0.6 is 22.9 Å². The molecule has 1 heterocycles. The molecule has 0 atom stereocenters. The van der Waals surface area contributed by atoms with Gasteiger partial charge in [-0.2, -0.15) is 0 Å². The number of thiophene rings is 1. The van der Waals surface area contributed by atoms with Crippen molar-refractivity contribution in [2.24, 2.45) is 0 Å². The molecule has 1 N–H and O–H groups in total. The van der Waals surface area contributed by atoms with Crippen molar-refractivity contribution < 1.29 is 4.79 Å². The maximum Gasteiger partial charge on any atom is 0.234 e. The summed E-state index contributed by atoms with van der Waals surface area (Å²) in [5, 5.41) is 5.78. The number of likely N-dealkylation sites (N-methyl/N-ethyl adjacent to an activating group) is 1. The number of amides is 1. The van der Waals surface area contributed by atoms with E-state index in [1.807, 2.05) is 30.3 Å². The van der Waals surface area contributed by atoms with Crippen molar-refractivity contribution in [3.8, 4) is 0 Å². The number of halogens is 1. The second-order valence-corrected chi connectivity index (χ2v) is 6.58. The highest BCUT2D eigenvalue weighted by molar-refractivity contribution is 7.09. The van der Waals surface area contributed by atoms with Gasteiger partial charge in [0.2, 0.25) is 5.91 Å². The average molecular weight is 337 g/mol. The van der Waals surface area contributed by atoms with Gasteiger partial charge in [-0.05, 0) is 42.1 Å². The molecule has 2 aromatic rings.